The third-order valence-corrected chi connectivity index (χ3v) is 2.15. The van der Waals surface area contributed by atoms with Gasteiger partial charge in [-0.2, -0.15) is 0 Å². The molecule has 0 radical (unpaired) electrons. The lowest BCUT2D eigenvalue weighted by Crippen LogP contribution is -2.04. The number of terminal acetylenes is 1. The molecule has 1 N–H and O–H groups in total. The highest BCUT2D eigenvalue weighted by Crippen LogP contribution is 2.00. The number of aliphatic hydroxyl groups excluding tert-OH is 1. The second-order valence-corrected chi connectivity index (χ2v) is 3.74. The lowest BCUT2D eigenvalue weighted by Gasteiger charge is -1.97. The molecular weight excluding hydrogens is 240 g/mol. The summed E-state index contributed by atoms with van der Waals surface area (Å²) in [4.78, 5) is 10.8. The van der Waals surface area contributed by atoms with Gasteiger partial charge in [0.1, 0.15) is 12.5 Å². The zero-order chi connectivity index (χ0) is 14.3. The van der Waals surface area contributed by atoms with Crippen molar-refractivity contribution in [2.45, 2.75) is 38.2 Å². The van der Waals surface area contributed by atoms with Gasteiger partial charge in [0.2, 0.25) is 0 Å². The molecule has 3 heteroatoms. The largest absolute Gasteiger partial charge is 0.579 e. The number of hydrogen-bond acceptors (Lipinski definition) is 2. The second kappa shape index (κ2) is 12.4. The number of carbonyl (C=O) groups is 1. The molecule has 0 heterocycles. The van der Waals surface area contributed by atoms with E-state index in [4.69, 9.17) is 6.42 Å². The van der Waals surface area contributed by atoms with Crippen molar-refractivity contribution in [2.75, 3.05) is 0 Å². The first-order valence-electron chi connectivity index (χ1n) is 6.09. The predicted octanol–water partition coefficient (Wildman–Crippen LogP) is 1.94. The highest BCUT2D eigenvalue weighted by atomic mass is 16.4. The fourth-order valence-electron chi connectivity index (χ4n) is 1.17. The molecule has 0 bridgehead atoms. The van der Waals surface area contributed by atoms with Crippen LogP contribution in [0.2, 0.25) is 0 Å². The van der Waals surface area contributed by atoms with Crippen LogP contribution in [0.15, 0.2) is 24.3 Å². The minimum absolute atomic E-state index is 0.246. The summed E-state index contributed by atoms with van der Waals surface area (Å²) in [5, 5.41) is 9.49. The number of rotatable bonds is 7. The van der Waals surface area contributed by atoms with Crippen molar-refractivity contribution in [1.82, 2.24) is 0 Å². The van der Waals surface area contributed by atoms with E-state index in [0.29, 0.717) is 12.8 Å². The normalized spacial score (nSPS) is 11.8. The van der Waals surface area contributed by atoms with Gasteiger partial charge in [-0.1, -0.05) is 30.1 Å². The second-order valence-electron chi connectivity index (χ2n) is 3.74. The van der Waals surface area contributed by atoms with Crippen molar-refractivity contribution in [3.05, 3.63) is 24.3 Å². The average Bonchev–Trinajstić information content (AvgIpc) is 2.41. The van der Waals surface area contributed by atoms with Crippen molar-refractivity contribution in [3.8, 4) is 24.2 Å². The molecule has 0 saturated heterocycles. The van der Waals surface area contributed by atoms with E-state index in [0.717, 1.165) is 12.8 Å². The molecular formula is C16H19O3+. The number of carbonyl (C=O) groups excluding carboxylic acids is 2. The van der Waals surface area contributed by atoms with Crippen LogP contribution in [0.5, 0.6) is 0 Å². The molecule has 0 amide bonds. The van der Waals surface area contributed by atoms with Crippen molar-refractivity contribution >= 4 is 12.8 Å². The molecule has 0 aromatic rings. The predicted molar refractivity (Wildman–Crippen MR) is 76.1 cm³/mol. The van der Waals surface area contributed by atoms with Gasteiger partial charge in [-0.3, -0.25) is 4.42 Å². The van der Waals surface area contributed by atoms with Gasteiger partial charge in [0.05, 0.1) is 0 Å². The molecule has 1 unspecified atom stereocenters. The summed E-state index contributed by atoms with van der Waals surface area (Å²) in [5.74, 6) is 7.55. The Hall–Kier alpha value is -2.10. The van der Waals surface area contributed by atoms with E-state index in [9.17, 15) is 9.90 Å². The molecule has 3 nitrogen and oxygen atoms in total. The summed E-state index contributed by atoms with van der Waals surface area (Å²) in [6, 6.07) is 0. The fourth-order valence-corrected chi connectivity index (χ4v) is 1.17. The maximum absolute atomic E-state index is 10.8. The monoisotopic (exact) mass is 259 g/mol. The minimum Gasteiger partial charge on any atom is -0.380 e. The summed E-state index contributed by atoms with van der Waals surface area (Å²) >= 11 is 0. The summed E-state index contributed by atoms with van der Waals surface area (Å²) in [5.41, 5.74) is 0. The fraction of sp³-hybridized carbons (Fsp3) is 0.375. The lowest BCUT2D eigenvalue weighted by molar-refractivity contribution is -0.369. The van der Waals surface area contributed by atoms with E-state index in [1.807, 2.05) is 12.2 Å². The molecule has 0 aliphatic carbocycles. The van der Waals surface area contributed by atoms with E-state index in [2.05, 4.69) is 29.0 Å². The Morgan fingerprint density at radius 2 is 2.26 bits per heavy atom. The molecule has 0 saturated carbocycles. The zero-order valence-electron chi connectivity index (χ0n) is 11.0. The Bertz CT molecular complexity index is 427. The number of allylic oxidation sites excluding steroid dienone is 4. The molecule has 100 valence electrons. The minimum atomic E-state index is -0.729. The van der Waals surface area contributed by atoms with E-state index in [1.54, 1.807) is 12.2 Å². The molecule has 0 fully saturated rings. The SMILES string of the molecule is C#CCC/C=C/C=C/C#CC(O)CCCC(=O)[O+]=C. The molecule has 0 aromatic carbocycles. The number of hydrogen-bond donors (Lipinski definition) is 1. The molecule has 0 aliphatic rings. The highest BCUT2D eigenvalue weighted by molar-refractivity contribution is 5.66. The number of unbranched alkanes of at least 4 members (excludes halogenated alkanes) is 1. The van der Waals surface area contributed by atoms with Crippen LogP contribution < -0.4 is 0 Å². The van der Waals surface area contributed by atoms with Crippen LogP contribution in [-0.2, 0) is 9.22 Å². The van der Waals surface area contributed by atoms with Crippen molar-refractivity contribution < 1.29 is 14.3 Å². The molecule has 1 atom stereocenters. The van der Waals surface area contributed by atoms with E-state index >= 15 is 0 Å². The van der Waals surface area contributed by atoms with Gasteiger partial charge in [0, 0.05) is 11.2 Å². The smallest absolute Gasteiger partial charge is 0.380 e. The van der Waals surface area contributed by atoms with Crippen LogP contribution in [0, 0.1) is 24.2 Å². The van der Waals surface area contributed by atoms with Gasteiger partial charge in [0.25, 0.3) is 0 Å². The molecule has 0 aromatic heterocycles. The molecule has 0 spiro atoms. The third-order valence-electron chi connectivity index (χ3n) is 2.15. The van der Waals surface area contributed by atoms with Gasteiger partial charge in [0.15, 0.2) is 6.79 Å². The maximum Gasteiger partial charge on any atom is 0.579 e. The number of aliphatic hydroxyl groups is 1. The van der Waals surface area contributed by atoms with Crippen LogP contribution in [0.25, 0.3) is 0 Å². The van der Waals surface area contributed by atoms with Crippen LogP contribution in [0.3, 0.4) is 0 Å². The molecule has 0 aliphatic heterocycles. The van der Waals surface area contributed by atoms with Crippen molar-refractivity contribution in [3.63, 3.8) is 0 Å². The van der Waals surface area contributed by atoms with Gasteiger partial charge < -0.3 is 5.11 Å². The zero-order valence-corrected chi connectivity index (χ0v) is 11.0. The first-order valence-corrected chi connectivity index (χ1v) is 6.09. The Kier molecular flexibility index (Phi) is 11.0. The summed E-state index contributed by atoms with van der Waals surface area (Å²) in [6.07, 6.45) is 14.4. The quantitative estimate of drug-likeness (QED) is 0.329. The van der Waals surface area contributed by atoms with Gasteiger partial charge in [-0.25, -0.2) is 0 Å². The first kappa shape index (κ1) is 16.9. The van der Waals surface area contributed by atoms with Crippen molar-refractivity contribution in [2.24, 2.45) is 0 Å². The van der Waals surface area contributed by atoms with Crippen LogP contribution in [0.1, 0.15) is 32.1 Å². The highest BCUT2D eigenvalue weighted by Gasteiger charge is 2.11. The van der Waals surface area contributed by atoms with E-state index < -0.39 is 6.10 Å². The van der Waals surface area contributed by atoms with Gasteiger partial charge in [-0.15, -0.1) is 12.3 Å². The summed E-state index contributed by atoms with van der Waals surface area (Å²) in [7, 11) is 0. The molecule has 0 rings (SSSR count). The van der Waals surface area contributed by atoms with Crippen LogP contribution >= 0.6 is 0 Å². The first-order chi connectivity index (χ1) is 9.20. The maximum atomic E-state index is 10.8. The third kappa shape index (κ3) is 12.2. The Balaban J connectivity index is 3.79. The van der Waals surface area contributed by atoms with Crippen molar-refractivity contribution in [1.29, 1.82) is 0 Å². The Labute approximate surface area is 114 Å². The van der Waals surface area contributed by atoms with E-state index in [-0.39, 0.29) is 12.4 Å². The van der Waals surface area contributed by atoms with Gasteiger partial charge in [-0.05, 0) is 25.3 Å². The topological polar surface area (TPSA) is 48.6 Å². The Morgan fingerprint density at radius 1 is 1.47 bits per heavy atom. The summed E-state index contributed by atoms with van der Waals surface area (Å²) < 4.78 is 4.25. The average molecular weight is 259 g/mol. The molecule has 19 heavy (non-hydrogen) atoms. The van der Waals surface area contributed by atoms with Crippen LogP contribution in [0.4, 0.5) is 0 Å². The van der Waals surface area contributed by atoms with E-state index in [1.165, 1.54) is 0 Å². The van der Waals surface area contributed by atoms with Gasteiger partial charge >= 0.3 is 5.97 Å². The lowest BCUT2D eigenvalue weighted by atomic mass is 10.1. The summed E-state index contributed by atoms with van der Waals surface area (Å²) in [6.45, 7) is 3.01. The Morgan fingerprint density at radius 3 is 2.95 bits per heavy atom. The van der Waals surface area contributed by atoms with Crippen LogP contribution in [-0.4, -0.2) is 24.0 Å². The standard InChI is InChI=1S/C16H19O3/c1-3-4-5-6-7-8-9-10-12-15(17)13-11-14-16(18)19-2/h1,6-9,15,17H,2,4-5,11,13-14H2/q+1/b7-6+,9-8+.